The van der Waals surface area contributed by atoms with Crippen LogP contribution in [0, 0.1) is 35.5 Å². The zero-order chi connectivity index (χ0) is 9.71. The van der Waals surface area contributed by atoms with E-state index in [2.05, 4.69) is 0 Å². The molecule has 2 nitrogen and oxygen atoms in total. The number of hydrogen-bond donors (Lipinski definition) is 2. The third kappa shape index (κ3) is 1.17. The first-order chi connectivity index (χ1) is 6.85. The number of nitrogens with two attached hydrogens (primary N) is 2. The lowest BCUT2D eigenvalue weighted by atomic mass is 9.90. The molecule has 3 rings (SSSR count). The summed E-state index contributed by atoms with van der Waals surface area (Å²) in [5, 5.41) is 0. The van der Waals surface area contributed by atoms with Gasteiger partial charge in [-0.2, -0.15) is 0 Å². The maximum atomic E-state index is 5.84. The molecular weight excluding hydrogens is 172 g/mol. The van der Waals surface area contributed by atoms with Gasteiger partial charge in [0, 0.05) is 0 Å². The quantitative estimate of drug-likeness (QED) is 0.694. The van der Waals surface area contributed by atoms with Gasteiger partial charge >= 0.3 is 0 Å². The highest BCUT2D eigenvalue weighted by Crippen LogP contribution is 2.62. The van der Waals surface area contributed by atoms with Gasteiger partial charge in [-0.25, -0.2) is 0 Å². The Bertz CT molecular complexity index is 226. The van der Waals surface area contributed by atoms with Gasteiger partial charge in [0.05, 0.1) is 0 Å². The van der Waals surface area contributed by atoms with Gasteiger partial charge in [0.25, 0.3) is 0 Å². The fraction of sp³-hybridized carbons (Fsp3) is 1.00. The third-order valence-corrected chi connectivity index (χ3v) is 5.27. The van der Waals surface area contributed by atoms with E-state index in [0.29, 0.717) is 0 Å². The van der Waals surface area contributed by atoms with Crippen molar-refractivity contribution >= 4 is 0 Å². The van der Waals surface area contributed by atoms with E-state index in [9.17, 15) is 0 Å². The number of hydrogen-bond acceptors (Lipinski definition) is 2. The molecule has 0 aromatic rings. The Balaban J connectivity index is 1.73. The molecule has 80 valence electrons. The van der Waals surface area contributed by atoms with Crippen molar-refractivity contribution in [1.82, 2.24) is 0 Å². The minimum absolute atomic E-state index is 0.847. The third-order valence-electron chi connectivity index (χ3n) is 5.27. The van der Waals surface area contributed by atoms with Crippen molar-refractivity contribution in [2.24, 2.45) is 47.0 Å². The summed E-state index contributed by atoms with van der Waals surface area (Å²) in [6.45, 7) is 1.86. The fourth-order valence-electron chi connectivity index (χ4n) is 4.53. The van der Waals surface area contributed by atoms with E-state index in [1.807, 2.05) is 0 Å². The maximum absolute atomic E-state index is 5.84. The van der Waals surface area contributed by atoms with Crippen LogP contribution < -0.4 is 11.5 Å². The van der Waals surface area contributed by atoms with Crippen molar-refractivity contribution < 1.29 is 0 Å². The lowest BCUT2D eigenvalue weighted by molar-refractivity contribution is 0.349. The minimum atomic E-state index is 0.847. The summed E-state index contributed by atoms with van der Waals surface area (Å²) >= 11 is 0. The molecule has 3 saturated carbocycles. The summed E-state index contributed by atoms with van der Waals surface area (Å²) in [6.07, 6.45) is 5.78. The maximum Gasteiger partial charge on any atom is -0.00432 e. The summed E-state index contributed by atoms with van der Waals surface area (Å²) in [7, 11) is 0. The Labute approximate surface area is 86.4 Å². The van der Waals surface area contributed by atoms with Gasteiger partial charge in [-0.3, -0.25) is 0 Å². The molecule has 0 aliphatic heterocycles. The van der Waals surface area contributed by atoms with Crippen molar-refractivity contribution in [1.29, 1.82) is 0 Å². The van der Waals surface area contributed by atoms with Crippen LogP contribution in [0.5, 0.6) is 0 Å². The predicted octanol–water partition coefficient (Wildman–Crippen LogP) is 1.20. The van der Waals surface area contributed by atoms with Crippen LogP contribution in [0.3, 0.4) is 0 Å². The zero-order valence-electron chi connectivity index (χ0n) is 8.86. The van der Waals surface area contributed by atoms with E-state index in [1.54, 1.807) is 0 Å². The van der Waals surface area contributed by atoms with Gasteiger partial charge in [0.2, 0.25) is 0 Å². The minimum Gasteiger partial charge on any atom is -0.330 e. The first kappa shape index (κ1) is 9.17. The zero-order valence-corrected chi connectivity index (χ0v) is 8.86. The largest absolute Gasteiger partial charge is 0.330 e. The van der Waals surface area contributed by atoms with Crippen LogP contribution in [-0.4, -0.2) is 13.1 Å². The highest BCUT2D eigenvalue weighted by atomic mass is 14.7. The van der Waals surface area contributed by atoms with Crippen LogP contribution >= 0.6 is 0 Å². The molecule has 0 spiro atoms. The lowest BCUT2D eigenvalue weighted by Crippen LogP contribution is -2.19. The number of fused-ring (bicyclic) bond motifs is 4. The second-order valence-corrected chi connectivity index (χ2v) is 5.71. The first-order valence-corrected chi connectivity index (χ1v) is 6.25. The van der Waals surface area contributed by atoms with E-state index < -0.39 is 0 Å². The fourth-order valence-corrected chi connectivity index (χ4v) is 4.53. The molecule has 4 N–H and O–H groups in total. The topological polar surface area (TPSA) is 52.0 Å². The molecule has 3 aliphatic carbocycles. The number of rotatable bonds is 2. The molecule has 0 aromatic carbocycles. The highest BCUT2D eigenvalue weighted by molar-refractivity contribution is 5.06. The van der Waals surface area contributed by atoms with Gasteiger partial charge in [0.15, 0.2) is 0 Å². The van der Waals surface area contributed by atoms with Crippen LogP contribution in [-0.2, 0) is 0 Å². The normalized spacial score (nSPS) is 55.3. The summed E-state index contributed by atoms with van der Waals surface area (Å²) in [6, 6.07) is 0. The van der Waals surface area contributed by atoms with Crippen molar-refractivity contribution in [3.05, 3.63) is 0 Å². The van der Waals surface area contributed by atoms with Gasteiger partial charge in [-0.1, -0.05) is 0 Å². The molecule has 0 saturated heterocycles. The van der Waals surface area contributed by atoms with Crippen molar-refractivity contribution in [3.63, 3.8) is 0 Å². The monoisotopic (exact) mass is 194 g/mol. The molecular formula is C12H22N2. The molecule has 2 heteroatoms. The van der Waals surface area contributed by atoms with Crippen LogP contribution in [0.4, 0.5) is 0 Å². The summed E-state index contributed by atoms with van der Waals surface area (Å²) in [5.41, 5.74) is 11.7. The highest BCUT2D eigenvalue weighted by Gasteiger charge is 2.57. The van der Waals surface area contributed by atoms with E-state index in [-0.39, 0.29) is 0 Å². The van der Waals surface area contributed by atoms with E-state index in [0.717, 1.165) is 48.6 Å². The Hall–Kier alpha value is -0.0800. The molecule has 0 heterocycles. The Morgan fingerprint density at radius 1 is 0.929 bits per heavy atom. The summed E-state index contributed by atoms with van der Waals surface area (Å²) < 4.78 is 0. The van der Waals surface area contributed by atoms with E-state index in [4.69, 9.17) is 11.5 Å². The Kier molecular flexibility index (Phi) is 2.10. The molecule has 14 heavy (non-hydrogen) atoms. The SMILES string of the molecule is NCC1CC2CC1CCC1C(CN)C21. The molecule has 0 amide bonds. The van der Waals surface area contributed by atoms with Crippen molar-refractivity contribution in [3.8, 4) is 0 Å². The first-order valence-electron chi connectivity index (χ1n) is 6.25. The molecule has 6 atom stereocenters. The molecule has 0 aromatic heterocycles. The second kappa shape index (κ2) is 3.21. The summed E-state index contributed by atoms with van der Waals surface area (Å²) in [4.78, 5) is 0. The molecule has 0 radical (unpaired) electrons. The molecule has 2 bridgehead atoms. The van der Waals surface area contributed by atoms with E-state index in [1.165, 1.54) is 25.7 Å². The van der Waals surface area contributed by atoms with Gasteiger partial charge < -0.3 is 11.5 Å². The molecule has 6 unspecified atom stereocenters. The molecule has 3 aliphatic rings. The van der Waals surface area contributed by atoms with Crippen LogP contribution in [0.2, 0.25) is 0 Å². The van der Waals surface area contributed by atoms with E-state index >= 15 is 0 Å². The standard InChI is InChI=1S/C12H22N2/c13-5-9-4-8-3-7(9)1-2-10-11(6-14)12(8)10/h7-12H,1-6,13-14H2. The van der Waals surface area contributed by atoms with Crippen molar-refractivity contribution in [2.45, 2.75) is 25.7 Å². The summed E-state index contributed by atoms with van der Waals surface area (Å²) in [5.74, 6) is 5.71. The lowest BCUT2D eigenvalue weighted by Gasteiger charge is -2.17. The predicted molar refractivity (Wildman–Crippen MR) is 57.5 cm³/mol. The molecule has 3 fully saturated rings. The van der Waals surface area contributed by atoms with Gasteiger partial charge in [0.1, 0.15) is 0 Å². The smallest absolute Gasteiger partial charge is 0.00432 e. The second-order valence-electron chi connectivity index (χ2n) is 5.71. The van der Waals surface area contributed by atoms with Crippen LogP contribution in [0.25, 0.3) is 0 Å². The average molecular weight is 194 g/mol. The van der Waals surface area contributed by atoms with Gasteiger partial charge in [-0.15, -0.1) is 0 Å². The Morgan fingerprint density at radius 2 is 1.79 bits per heavy atom. The Morgan fingerprint density at radius 3 is 2.50 bits per heavy atom. The van der Waals surface area contributed by atoms with Gasteiger partial charge in [-0.05, 0) is 74.3 Å². The van der Waals surface area contributed by atoms with Crippen LogP contribution in [0.15, 0.2) is 0 Å². The van der Waals surface area contributed by atoms with Crippen LogP contribution in [0.1, 0.15) is 25.7 Å². The average Bonchev–Trinajstić information content (AvgIpc) is 2.78. The van der Waals surface area contributed by atoms with Crippen molar-refractivity contribution in [2.75, 3.05) is 13.1 Å².